The second-order valence-corrected chi connectivity index (χ2v) is 12.0. The van der Waals surface area contributed by atoms with Gasteiger partial charge in [-0.3, -0.25) is 0 Å². The van der Waals surface area contributed by atoms with Gasteiger partial charge in [0.25, 0.3) is 0 Å². The number of aliphatic hydroxyl groups is 1. The Hall–Kier alpha value is -0.863. The highest BCUT2D eigenvalue weighted by Gasteiger charge is 2.34. The third kappa shape index (κ3) is 4.07. The van der Waals surface area contributed by atoms with Gasteiger partial charge in [-0.2, -0.15) is 0 Å². The van der Waals surface area contributed by atoms with Crippen LogP contribution >= 0.6 is 0 Å². The Morgan fingerprint density at radius 1 is 1.05 bits per heavy atom. The van der Waals surface area contributed by atoms with E-state index in [4.69, 9.17) is 0 Å². The van der Waals surface area contributed by atoms with E-state index >= 15 is 0 Å². The molecule has 0 heterocycles. The van der Waals surface area contributed by atoms with Crippen molar-refractivity contribution in [3.05, 3.63) is 41.0 Å². The molecule has 0 unspecified atom stereocenters. The second kappa shape index (κ2) is 6.93. The molecule has 1 aromatic carbocycles. The third-order valence-electron chi connectivity index (χ3n) is 4.85. The summed E-state index contributed by atoms with van der Waals surface area (Å²) in [6.45, 7) is 15.1. The Kier molecular flexibility index (Phi) is 6.00. The Morgan fingerprint density at radius 2 is 1.48 bits per heavy atom. The highest BCUT2D eigenvalue weighted by atomic mass is 28.3. The van der Waals surface area contributed by atoms with E-state index in [1.807, 2.05) is 13.8 Å². The maximum atomic E-state index is 10.4. The zero-order valence-corrected chi connectivity index (χ0v) is 15.9. The second-order valence-electron chi connectivity index (χ2n) is 6.82. The van der Waals surface area contributed by atoms with E-state index in [1.54, 1.807) is 0 Å². The molecule has 0 amide bonds. The summed E-state index contributed by atoms with van der Waals surface area (Å²) in [6.07, 6.45) is 2.14. The van der Waals surface area contributed by atoms with Crippen LogP contribution in [-0.4, -0.2) is 18.8 Å². The van der Waals surface area contributed by atoms with Gasteiger partial charge in [0.1, 0.15) is 0 Å². The summed E-state index contributed by atoms with van der Waals surface area (Å²) in [5, 5.41) is 11.9. The molecule has 0 aliphatic carbocycles. The van der Waals surface area contributed by atoms with E-state index in [9.17, 15) is 5.11 Å². The van der Waals surface area contributed by atoms with Crippen LogP contribution in [0.1, 0.15) is 51.3 Å². The van der Waals surface area contributed by atoms with Crippen molar-refractivity contribution >= 4 is 13.3 Å². The molecule has 0 bridgehead atoms. The number of aryl methyl sites for hydroxylation is 2. The molecule has 0 saturated heterocycles. The third-order valence-corrected chi connectivity index (χ3v) is 10.4. The lowest BCUT2D eigenvalue weighted by Gasteiger charge is -2.35. The zero-order chi connectivity index (χ0) is 16.3. The Labute approximate surface area is 132 Å². The van der Waals surface area contributed by atoms with E-state index in [-0.39, 0.29) is 0 Å². The molecule has 0 fully saturated rings. The molecule has 1 N–H and O–H groups in total. The van der Waals surface area contributed by atoms with Crippen molar-refractivity contribution in [2.45, 2.75) is 72.2 Å². The molecule has 0 saturated carbocycles. The number of hydrogen-bond acceptors (Lipinski definition) is 1. The number of hydrogen-bond donors (Lipinski definition) is 1. The van der Waals surface area contributed by atoms with E-state index in [1.165, 1.54) is 40.0 Å². The summed E-state index contributed by atoms with van der Waals surface area (Å²) in [7, 11) is -1.56. The van der Waals surface area contributed by atoms with E-state index in [2.05, 4.69) is 58.9 Å². The normalized spacial score (nSPS) is 13.6. The molecular weight excluding hydrogens is 272 g/mol. The van der Waals surface area contributed by atoms with Crippen molar-refractivity contribution < 1.29 is 5.11 Å². The molecule has 1 nitrogen and oxygen atoms in total. The lowest BCUT2D eigenvalue weighted by Crippen LogP contribution is -2.36. The Bertz CT molecular complexity index is 476. The topological polar surface area (TPSA) is 20.2 Å². The van der Waals surface area contributed by atoms with Crippen LogP contribution in [0.15, 0.2) is 24.3 Å². The predicted molar refractivity (Wildman–Crippen MR) is 97.4 cm³/mol. The lowest BCUT2D eigenvalue weighted by atomic mass is 9.99. The van der Waals surface area contributed by atoms with E-state index < -0.39 is 13.7 Å². The van der Waals surface area contributed by atoms with Crippen LogP contribution in [0.3, 0.4) is 0 Å². The van der Waals surface area contributed by atoms with Gasteiger partial charge in [0, 0.05) is 0 Å². The summed E-state index contributed by atoms with van der Waals surface area (Å²) >= 11 is 0. The summed E-state index contributed by atoms with van der Waals surface area (Å²) in [4.78, 5) is 0. The van der Waals surface area contributed by atoms with Crippen molar-refractivity contribution in [3.8, 4) is 0 Å². The molecule has 0 aliphatic heterocycles. The van der Waals surface area contributed by atoms with E-state index in [0.717, 1.165) is 0 Å². The van der Waals surface area contributed by atoms with Crippen LogP contribution in [0.5, 0.6) is 0 Å². The monoisotopic (exact) mass is 304 g/mol. The van der Waals surface area contributed by atoms with Crippen molar-refractivity contribution in [2.75, 3.05) is 0 Å². The first-order valence-corrected chi connectivity index (χ1v) is 10.8. The van der Waals surface area contributed by atoms with Gasteiger partial charge in [0.2, 0.25) is 0 Å². The summed E-state index contributed by atoms with van der Waals surface area (Å²) in [6, 6.07) is 10.2. The fourth-order valence-corrected chi connectivity index (χ4v) is 7.63. The van der Waals surface area contributed by atoms with Gasteiger partial charge in [0.05, 0.1) is 13.7 Å². The van der Waals surface area contributed by atoms with Crippen molar-refractivity contribution in [2.24, 2.45) is 0 Å². The van der Waals surface area contributed by atoms with Gasteiger partial charge in [-0.15, -0.1) is 0 Å². The molecule has 118 valence electrons. The maximum absolute atomic E-state index is 10.4. The minimum atomic E-state index is -1.56. The maximum Gasteiger partial charge on any atom is 0.0864 e. The average Bonchev–Trinajstić information content (AvgIpc) is 2.39. The van der Waals surface area contributed by atoms with Crippen LogP contribution in [0, 0.1) is 13.8 Å². The molecule has 21 heavy (non-hydrogen) atoms. The number of rotatable bonds is 6. The summed E-state index contributed by atoms with van der Waals surface area (Å²) in [5.74, 6) is 0. The first-order valence-electron chi connectivity index (χ1n) is 8.23. The molecule has 0 radical (unpaired) electrons. The predicted octanol–water partition coefficient (Wildman–Crippen LogP) is 5.51. The quantitative estimate of drug-likeness (QED) is 0.687. The van der Waals surface area contributed by atoms with Crippen molar-refractivity contribution in [1.29, 1.82) is 0 Å². The SMILES string of the molecule is CC[Si](CC)(CC)C(=CC(C)(C)O)c1c(C)cccc1C. The smallest absolute Gasteiger partial charge is 0.0864 e. The largest absolute Gasteiger partial charge is 0.386 e. The van der Waals surface area contributed by atoms with Gasteiger partial charge in [0.15, 0.2) is 0 Å². The van der Waals surface area contributed by atoms with Gasteiger partial charge >= 0.3 is 0 Å². The van der Waals surface area contributed by atoms with Crippen LogP contribution in [-0.2, 0) is 0 Å². The Morgan fingerprint density at radius 3 is 1.81 bits per heavy atom. The summed E-state index contributed by atoms with van der Waals surface area (Å²) < 4.78 is 0. The molecule has 0 spiro atoms. The molecule has 2 heteroatoms. The van der Waals surface area contributed by atoms with Crippen LogP contribution in [0.2, 0.25) is 18.1 Å². The Balaban J connectivity index is 3.66. The zero-order valence-electron chi connectivity index (χ0n) is 14.9. The minimum absolute atomic E-state index is 0.762. The molecule has 1 aromatic rings. The highest BCUT2D eigenvalue weighted by Crippen LogP contribution is 2.39. The molecule has 0 aromatic heterocycles. The van der Waals surface area contributed by atoms with Gasteiger partial charge in [-0.25, -0.2) is 0 Å². The first kappa shape index (κ1) is 18.2. The van der Waals surface area contributed by atoms with Gasteiger partial charge < -0.3 is 5.11 Å². The van der Waals surface area contributed by atoms with Gasteiger partial charge in [-0.05, 0) is 44.4 Å². The van der Waals surface area contributed by atoms with E-state index in [0.29, 0.717) is 0 Å². The molecule has 0 atom stereocenters. The fourth-order valence-electron chi connectivity index (χ4n) is 3.40. The van der Waals surface area contributed by atoms with Crippen molar-refractivity contribution in [3.63, 3.8) is 0 Å². The average molecular weight is 305 g/mol. The van der Waals surface area contributed by atoms with Crippen LogP contribution in [0.25, 0.3) is 5.20 Å². The van der Waals surface area contributed by atoms with Gasteiger partial charge in [-0.1, -0.05) is 68.4 Å². The molecular formula is C19H32OSi. The lowest BCUT2D eigenvalue weighted by molar-refractivity contribution is 0.134. The molecule has 0 aliphatic rings. The minimum Gasteiger partial charge on any atom is -0.386 e. The number of benzene rings is 1. The summed E-state index contributed by atoms with van der Waals surface area (Å²) in [5.41, 5.74) is 3.29. The van der Waals surface area contributed by atoms with Crippen molar-refractivity contribution in [1.82, 2.24) is 0 Å². The molecule has 1 rings (SSSR count). The standard InChI is InChI=1S/C19H32OSi/c1-8-21(9-2,10-3)17(14-19(6,7)20)18-15(4)12-11-13-16(18)5/h11-14,20H,8-10H2,1-7H3. The van der Waals surface area contributed by atoms with Crippen LogP contribution < -0.4 is 0 Å². The highest BCUT2D eigenvalue weighted by molar-refractivity contribution is 6.96. The fraction of sp³-hybridized carbons (Fsp3) is 0.579. The van der Waals surface area contributed by atoms with Crippen LogP contribution in [0.4, 0.5) is 0 Å². The first-order chi connectivity index (χ1) is 9.70.